The van der Waals surface area contributed by atoms with Crippen LogP contribution in [0.5, 0.6) is 0 Å². The number of nitrogens with zero attached hydrogens (tertiary/aromatic N) is 1. The van der Waals surface area contributed by atoms with Gasteiger partial charge >= 0.3 is 0 Å². The van der Waals surface area contributed by atoms with Crippen molar-refractivity contribution in [1.29, 1.82) is 0 Å². The maximum Gasteiger partial charge on any atom is 0.223 e. The molecule has 2 fully saturated rings. The lowest BCUT2D eigenvalue weighted by Gasteiger charge is -2.35. The largest absolute Gasteiger partial charge is 0.331 e. The van der Waals surface area contributed by atoms with Gasteiger partial charge in [0.2, 0.25) is 5.91 Å². The summed E-state index contributed by atoms with van der Waals surface area (Å²) in [6.45, 7) is 6.85. The molecule has 148 valence electrons. The fraction of sp³-hybridized carbons (Fsp3) is 0.600. The molecule has 0 aromatic heterocycles. The van der Waals surface area contributed by atoms with Crippen LogP contribution in [0.25, 0.3) is 0 Å². The maximum atomic E-state index is 12.5. The maximum absolute atomic E-state index is 12.5. The van der Waals surface area contributed by atoms with Gasteiger partial charge in [0, 0.05) is 24.8 Å². The Balaban J connectivity index is 1.45. The highest BCUT2D eigenvalue weighted by molar-refractivity contribution is 7.91. The molecule has 0 spiro atoms. The molecule has 2 aliphatic rings. The van der Waals surface area contributed by atoms with Crippen LogP contribution >= 0.6 is 0 Å². The molecule has 27 heavy (non-hydrogen) atoms. The summed E-state index contributed by atoms with van der Waals surface area (Å²) < 4.78 is 23.3. The first-order valence-electron chi connectivity index (χ1n) is 9.68. The Morgan fingerprint density at radius 3 is 2.41 bits per heavy atom. The Hall–Kier alpha value is -1.73. The van der Waals surface area contributed by atoms with E-state index in [9.17, 15) is 18.0 Å². The number of carbonyl (C=O) groups excluding carboxylic acids is 2. The smallest absolute Gasteiger partial charge is 0.223 e. The van der Waals surface area contributed by atoms with Gasteiger partial charge in [-0.3, -0.25) is 9.59 Å². The molecule has 3 rings (SSSR count). The number of benzene rings is 1. The molecule has 0 unspecified atom stereocenters. The van der Waals surface area contributed by atoms with Gasteiger partial charge in [-0.25, -0.2) is 8.42 Å². The summed E-state index contributed by atoms with van der Waals surface area (Å²) in [4.78, 5) is 27.9. The van der Waals surface area contributed by atoms with Gasteiger partial charge in [-0.1, -0.05) is 12.1 Å². The second-order valence-corrected chi connectivity index (χ2v) is 10.1. The highest BCUT2D eigenvalue weighted by atomic mass is 32.2. The summed E-state index contributed by atoms with van der Waals surface area (Å²) in [5.41, 5.74) is 2.90. The molecule has 1 amide bonds. The predicted molar refractivity (Wildman–Crippen MR) is 104 cm³/mol. The average Bonchev–Trinajstić information content (AvgIpc) is 3.01. The third-order valence-electron chi connectivity index (χ3n) is 5.96. The minimum atomic E-state index is -2.86. The first-order chi connectivity index (χ1) is 12.7. The van der Waals surface area contributed by atoms with E-state index in [2.05, 4.69) is 0 Å². The van der Waals surface area contributed by atoms with Gasteiger partial charge in [-0.15, -0.1) is 0 Å². The second kappa shape index (κ2) is 8.10. The van der Waals surface area contributed by atoms with Crippen molar-refractivity contribution in [3.8, 4) is 0 Å². The minimum Gasteiger partial charge on any atom is -0.331 e. The van der Waals surface area contributed by atoms with Gasteiger partial charge in [0.15, 0.2) is 15.6 Å². The van der Waals surface area contributed by atoms with Crippen molar-refractivity contribution in [3.63, 3.8) is 0 Å². The molecule has 6 nitrogen and oxygen atoms in total. The van der Waals surface area contributed by atoms with Crippen molar-refractivity contribution in [3.05, 3.63) is 34.9 Å². The second-order valence-electron chi connectivity index (χ2n) is 7.86. The monoisotopic (exact) mass is 393 g/mol. The zero-order valence-electron chi connectivity index (χ0n) is 16.2. The molecule has 7 heteroatoms. The number of Topliss-reactive ketones (excluding diaryl/α,β-unsaturated/α-hetero) is 1. The van der Waals surface area contributed by atoms with Crippen LogP contribution in [0.3, 0.4) is 0 Å². The zero-order chi connectivity index (χ0) is 19.6. The Labute approximate surface area is 161 Å². The molecule has 1 N–H and O–H groups in total. The van der Waals surface area contributed by atoms with E-state index < -0.39 is 9.84 Å². The van der Waals surface area contributed by atoms with Gasteiger partial charge in [0.05, 0.1) is 31.9 Å². The predicted octanol–water partition coefficient (Wildman–Crippen LogP) is 0.181. The standard InChI is InChI=1S/C20H28N2O4S/c1-15-3-4-17(13-16(15)2)19(23)5-6-20(24)22-10-8-21(9-11-22)18-7-12-27(25,26)14-18/h3-4,13,18H,5-12,14H2,1-2H3/p+1/t18-/m1/s1. The van der Waals surface area contributed by atoms with Crippen LogP contribution in [0.2, 0.25) is 0 Å². The summed E-state index contributed by atoms with van der Waals surface area (Å²) in [6.07, 6.45) is 1.20. The first-order valence-corrected chi connectivity index (χ1v) is 11.5. The van der Waals surface area contributed by atoms with E-state index >= 15 is 0 Å². The van der Waals surface area contributed by atoms with Gasteiger partial charge in [0.1, 0.15) is 11.8 Å². The summed E-state index contributed by atoms with van der Waals surface area (Å²) in [5.74, 6) is 0.600. The highest BCUT2D eigenvalue weighted by Gasteiger charge is 2.37. The van der Waals surface area contributed by atoms with Crippen molar-refractivity contribution >= 4 is 21.5 Å². The summed E-state index contributed by atoms with van der Waals surface area (Å²) >= 11 is 0. The molecule has 2 saturated heterocycles. The number of hydrogen-bond acceptors (Lipinski definition) is 4. The molecule has 0 bridgehead atoms. The van der Waals surface area contributed by atoms with E-state index in [0.717, 1.165) is 30.6 Å². The van der Waals surface area contributed by atoms with E-state index in [1.807, 2.05) is 36.9 Å². The Bertz CT molecular complexity index is 826. The number of carbonyl (C=O) groups is 2. The van der Waals surface area contributed by atoms with Crippen molar-refractivity contribution in [2.75, 3.05) is 37.7 Å². The lowest BCUT2D eigenvalue weighted by Crippen LogP contribution is -3.18. The first kappa shape index (κ1) is 20.0. The number of ketones is 1. The van der Waals surface area contributed by atoms with Crippen LogP contribution in [0.4, 0.5) is 0 Å². The van der Waals surface area contributed by atoms with Gasteiger partial charge < -0.3 is 9.80 Å². The number of rotatable bonds is 5. The van der Waals surface area contributed by atoms with Crippen LogP contribution < -0.4 is 4.90 Å². The van der Waals surface area contributed by atoms with Crippen molar-refractivity contribution in [1.82, 2.24) is 4.90 Å². The van der Waals surface area contributed by atoms with Gasteiger partial charge in [0.25, 0.3) is 0 Å². The minimum absolute atomic E-state index is 0.00636. The molecule has 1 aromatic rings. The zero-order valence-corrected chi connectivity index (χ0v) is 17.0. The summed E-state index contributed by atoms with van der Waals surface area (Å²) in [7, 11) is -2.86. The van der Waals surface area contributed by atoms with Crippen molar-refractivity contribution in [2.45, 2.75) is 39.2 Å². The van der Waals surface area contributed by atoms with Crippen molar-refractivity contribution in [2.24, 2.45) is 0 Å². The van der Waals surface area contributed by atoms with Crippen LogP contribution in [0, 0.1) is 13.8 Å². The van der Waals surface area contributed by atoms with E-state index in [4.69, 9.17) is 0 Å². The molecule has 2 aliphatic heterocycles. The fourth-order valence-electron chi connectivity index (χ4n) is 4.01. The van der Waals surface area contributed by atoms with E-state index in [0.29, 0.717) is 24.4 Å². The SMILES string of the molecule is Cc1ccc(C(=O)CCC(=O)N2CC[NH+]([C@@H]3CCS(=O)(=O)C3)CC2)cc1C. The molecule has 2 heterocycles. The van der Waals surface area contributed by atoms with Crippen LogP contribution in [-0.4, -0.2) is 68.7 Å². The molecule has 0 saturated carbocycles. The molecule has 0 radical (unpaired) electrons. The quantitative estimate of drug-likeness (QED) is 0.724. The lowest BCUT2D eigenvalue weighted by molar-refractivity contribution is -0.925. The molecular weight excluding hydrogens is 364 g/mol. The number of nitrogens with one attached hydrogen (secondary N) is 1. The molecule has 1 aromatic carbocycles. The highest BCUT2D eigenvalue weighted by Crippen LogP contribution is 2.13. The van der Waals surface area contributed by atoms with Gasteiger partial charge in [-0.05, 0) is 31.0 Å². The molecular formula is C20H29N2O4S+. The Kier molecular flexibility index (Phi) is 6.01. The third kappa shape index (κ3) is 4.96. The number of amides is 1. The summed E-state index contributed by atoms with van der Waals surface area (Å²) in [6, 6.07) is 5.83. The third-order valence-corrected chi connectivity index (χ3v) is 7.73. The number of piperazine rings is 1. The van der Waals surface area contributed by atoms with Crippen molar-refractivity contribution < 1.29 is 22.9 Å². The average molecular weight is 394 g/mol. The van der Waals surface area contributed by atoms with E-state index in [-0.39, 0.29) is 36.3 Å². The number of hydrogen-bond donors (Lipinski definition) is 1. The van der Waals surface area contributed by atoms with E-state index in [1.165, 1.54) is 4.90 Å². The van der Waals surface area contributed by atoms with E-state index in [1.54, 1.807) is 0 Å². The van der Waals surface area contributed by atoms with Crippen LogP contribution in [0.15, 0.2) is 18.2 Å². The van der Waals surface area contributed by atoms with Crippen LogP contribution in [-0.2, 0) is 14.6 Å². The number of sulfone groups is 1. The number of quaternary nitrogens is 1. The summed E-state index contributed by atoms with van der Waals surface area (Å²) in [5, 5.41) is 0. The normalized spacial score (nSPS) is 22.7. The Morgan fingerprint density at radius 1 is 1.11 bits per heavy atom. The van der Waals surface area contributed by atoms with Gasteiger partial charge in [-0.2, -0.15) is 0 Å². The lowest BCUT2D eigenvalue weighted by atomic mass is 10.0. The molecule has 0 aliphatic carbocycles. The number of aryl methyl sites for hydroxylation is 2. The van der Waals surface area contributed by atoms with Crippen LogP contribution in [0.1, 0.15) is 40.7 Å². The fourth-order valence-corrected chi connectivity index (χ4v) is 5.83. The molecule has 1 atom stereocenters. The topological polar surface area (TPSA) is 76.0 Å². The Morgan fingerprint density at radius 2 is 1.81 bits per heavy atom.